The van der Waals surface area contributed by atoms with Crippen LogP contribution in [-0.2, 0) is 0 Å². The summed E-state index contributed by atoms with van der Waals surface area (Å²) in [6, 6.07) is 0.560. The van der Waals surface area contributed by atoms with Crippen molar-refractivity contribution in [1.29, 1.82) is 0 Å². The van der Waals surface area contributed by atoms with Crippen LogP contribution in [0.2, 0.25) is 0 Å². The summed E-state index contributed by atoms with van der Waals surface area (Å²) in [6.45, 7) is 9.23. The molecule has 0 aromatic carbocycles. The fourth-order valence-corrected chi connectivity index (χ4v) is 2.23. The van der Waals surface area contributed by atoms with Crippen molar-refractivity contribution in [2.24, 2.45) is 11.3 Å². The minimum atomic E-state index is -0.249. The van der Waals surface area contributed by atoms with Gasteiger partial charge in [0.2, 0.25) is 0 Å². The van der Waals surface area contributed by atoms with Crippen molar-refractivity contribution < 1.29 is 5.11 Å². The van der Waals surface area contributed by atoms with Gasteiger partial charge in [0, 0.05) is 12.6 Å². The van der Waals surface area contributed by atoms with Gasteiger partial charge in [0.15, 0.2) is 0 Å². The molecule has 1 aliphatic rings. The van der Waals surface area contributed by atoms with Crippen molar-refractivity contribution in [3.05, 3.63) is 0 Å². The van der Waals surface area contributed by atoms with Crippen molar-refractivity contribution in [1.82, 2.24) is 5.32 Å². The van der Waals surface area contributed by atoms with E-state index in [1.165, 1.54) is 25.7 Å². The number of hydrogen-bond donors (Lipinski definition) is 2. The van der Waals surface area contributed by atoms with Gasteiger partial charge in [-0.1, -0.05) is 33.6 Å². The van der Waals surface area contributed by atoms with Crippen LogP contribution in [0.5, 0.6) is 0 Å². The van der Waals surface area contributed by atoms with Gasteiger partial charge in [-0.05, 0) is 31.1 Å². The molecule has 0 radical (unpaired) electrons. The van der Waals surface area contributed by atoms with Gasteiger partial charge in [-0.2, -0.15) is 0 Å². The quantitative estimate of drug-likeness (QED) is 0.752. The molecule has 2 heteroatoms. The highest BCUT2D eigenvalue weighted by atomic mass is 16.3. The molecule has 0 bridgehead atoms. The molecule has 90 valence electrons. The lowest BCUT2D eigenvalue weighted by molar-refractivity contribution is 0.0590. The molecule has 2 nitrogen and oxygen atoms in total. The highest BCUT2D eigenvalue weighted by molar-refractivity contribution is 4.81. The third kappa shape index (κ3) is 4.12. The fourth-order valence-electron chi connectivity index (χ4n) is 2.23. The first-order valence-corrected chi connectivity index (χ1v) is 6.32. The lowest BCUT2D eigenvalue weighted by atomic mass is 9.88. The average Bonchev–Trinajstić information content (AvgIpc) is 2.64. The van der Waals surface area contributed by atoms with E-state index in [2.05, 4.69) is 33.0 Å². The minimum Gasteiger partial charge on any atom is -0.391 e. The normalized spacial score (nSPS) is 23.0. The second-order valence-corrected chi connectivity index (χ2v) is 6.12. The van der Waals surface area contributed by atoms with Crippen LogP contribution in [0.25, 0.3) is 0 Å². The largest absolute Gasteiger partial charge is 0.391 e. The standard InChI is InChI=1S/C13H27NO/c1-10(11-7-5-6-8-11)14-9-12(15)13(2,3)4/h10-12,14-15H,5-9H2,1-4H3. The van der Waals surface area contributed by atoms with Gasteiger partial charge in [-0.3, -0.25) is 0 Å². The van der Waals surface area contributed by atoms with Crippen molar-refractivity contribution in [2.45, 2.75) is 65.5 Å². The number of aliphatic hydroxyl groups excluding tert-OH is 1. The Morgan fingerprint density at radius 1 is 1.27 bits per heavy atom. The zero-order valence-electron chi connectivity index (χ0n) is 10.7. The van der Waals surface area contributed by atoms with Gasteiger partial charge in [0.25, 0.3) is 0 Å². The van der Waals surface area contributed by atoms with E-state index in [0.29, 0.717) is 6.04 Å². The Balaban J connectivity index is 2.24. The van der Waals surface area contributed by atoms with E-state index in [-0.39, 0.29) is 11.5 Å². The van der Waals surface area contributed by atoms with E-state index in [9.17, 15) is 5.11 Å². The SMILES string of the molecule is CC(NCC(O)C(C)(C)C)C1CCCC1. The molecule has 1 rings (SSSR count). The Bertz CT molecular complexity index is 179. The van der Waals surface area contributed by atoms with Crippen molar-refractivity contribution >= 4 is 0 Å². The molecule has 1 aliphatic carbocycles. The van der Waals surface area contributed by atoms with E-state index in [1.54, 1.807) is 0 Å². The van der Waals surface area contributed by atoms with Crippen LogP contribution in [0, 0.1) is 11.3 Å². The topological polar surface area (TPSA) is 32.3 Å². The molecule has 0 heterocycles. The predicted octanol–water partition coefficient (Wildman–Crippen LogP) is 2.56. The molecule has 0 spiro atoms. The van der Waals surface area contributed by atoms with E-state index < -0.39 is 0 Å². The van der Waals surface area contributed by atoms with Gasteiger partial charge < -0.3 is 10.4 Å². The molecule has 0 aliphatic heterocycles. The fraction of sp³-hybridized carbons (Fsp3) is 1.00. The summed E-state index contributed by atoms with van der Waals surface area (Å²) in [5.74, 6) is 0.831. The number of hydrogen-bond acceptors (Lipinski definition) is 2. The van der Waals surface area contributed by atoms with Gasteiger partial charge in [-0.15, -0.1) is 0 Å². The molecular formula is C13H27NO. The molecule has 0 amide bonds. The van der Waals surface area contributed by atoms with Gasteiger partial charge in [0.1, 0.15) is 0 Å². The molecular weight excluding hydrogens is 186 g/mol. The Labute approximate surface area is 94.5 Å². The summed E-state index contributed by atoms with van der Waals surface area (Å²) < 4.78 is 0. The van der Waals surface area contributed by atoms with Gasteiger partial charge in [0.05, 0.1) is 6.10 Å². The summed E-state index contributed by atoms with van der Waals surface area (Å²) in [6.07, 6.45) is 5.25. The monoisotopic (exact) mass is 213 g/mol. The smallest absolute Gasteiger partial charge is 0.0712 e. The first-order valence-electron chi connectivity index (χ1n) is 6.32. The Hall–Kier alpha value is -0.0800. The van der Waals surface area contributed by atoms with Crippen LogP contribution in [0.1, 0.15) is 53.4 Å². The molecule has 0 aromatic heterocycles. The Kier molecular flexibility index (Phi) is 4.60. The number of nitrogens with one attached hydrogen (secondary N) is 1. The molecule has 2 N–H and O–H groups in total. The maximum Gasteiger partial charge on any atom is 0.0712 e. The highest BCUT2D eigenvalue weighted by Crippen LogP contribution is 2.27. The summed E-state index contributed by atoms with van der Waals surface area (Å²) in [7, 11) is 0. The molecule has 2 unspecified atom stereocenters. The van der Waals surface area contributed by atoms with E-state index in [4.69, 9.17) is 0 Å². The van der Waals surface area contributed by atoms with Crippen LogP contribution in [0.15, 0.2) is 0 Å². The Morgan fingerprint density at radius 3 is 2.27 bits per heavy atom. The zero-order valence-corrected chi connectivity index (χ0v) is 10.7. The molecule has 0 saturated heterocycles. The molecule has 15 heavy (non-hydrogen) atoms. The first-order chi connectivity index (χ1) is 6.91. The van der Waals surface area contributed by atoms with Crippen molar-refractivity contribution in [3.8, 4) is 0 Å². The maximum atomic E-state index is 9.91. The maximum absolute atomic E-state index is 9.91. The van der Waals surface area contributed by atoms with Crippen LogP contribution in [-0.4, -0.2) is 23.8 Å². The second-order valence-electron chi connectivity index (χ2n) is 6.12. The molecule has 2 atom stereocenters. The molecule has 1 saturated carbocycles. The van der Waals surface area contributed by atoms with E-state index in [0.717, 1.165) is 12.5 Å². The highest BCUT2D eigenvalue weighted by Gasteiger charge is 2.25. The van der Waals surface area contributed by atoms with Crippen LogP contribution < -0.4 is 5.32 Å². The van der Waals surface area contributed by atoms with Crippen LogP contribution in [0.3, 0.4) is 0 Å². The lowest BCUT2D eigenvalue weighted by Crippen LogP contribution is -2.42. The van der Waals surface area contributed by atoms with Crippen molar-refractivity contribution in [3.63, 3.8) is 0 Å². The van der Waals surface area contributed by atoms with Crippen LogP contribution >= 0.6 is 0 Å². The summed E-state index contributed by atoms with van der Waals surface area (Å²) in [5.41, 5.74) is -0.0115. The first kappa shape index (κ1) is 13.0. The molecule has 1 fully saturated rings. The van der Waals surface area contributed by atoms with Crippen LogP contribution in [0.4, 0.5) is 0 Å². The number of aliphatic hydroxyl groups is 1. The van der Waals surface area contributed by atoms with Gasteiger partial charge in [-0.25, -0.2) is 0 Å². The number of rotatable bonds is 4. The minimum absolute atomic E-state index is 0.0115. The van der Waals surface area contributed by atoms with E-state index >= 15 is 0 Å². The third-order valence-electron chi connectivity index (χ3n) is 3.74. The Morgan fingerprint density at radius 2 is 1.80 bits per heavy atom. The summed E-state index contributed by atoms with van der Waals surface area (Å²) in [5, 5.41) is 13.4. The van der Waals surface area contributed by atoms with E-state index in [1.807, 2.05) is 0 Å². The second kappa shape index (κ2) is 5.31. The van der Waals surface area contributed by atoms with Gasteiger partial charge >= 0.3 is 0 Å². The lowest BCUT2D eigenvalue weighted by Gasteiger charge is -2.29. The summed E-state index contributed by atoms with van der Waals surface area (Å²) in [4.78, 5) is 0. The predicted molar refractivity (Wildman–Crippen MR) is 64.9 cm³/mol. The molecule has 0 aromatic rings. The third-order valence-corrected chi connectivity index (χ3v) is 3.74. The summed E-state index contributed by atoms with van der Waals surface area (Å²) >= 11 is 0. The van der Waals surface area contributed by atoms with Crippen molar-refractivity contribution in [2.75, 3.05) is 6.54 Å². The zero-order chi connectivity index (χ0) is 11.5. The average molecular weight is 213 g/mol.